The molecule has 0 aromatic heterocycles. The van der Waals surface area contributed by atoms with Gasteiger partial charge in [0.05, 0.1) is 6.61 Å². The molecule has 1 fully saturated rings. The fourth-order valence-corrected chi connectivity index (χ4v) is 2.83. The third-order valence-corrected chi connectivity index (χ3v) is 4.43. The smallest absolute Gasteiger partial charge is 0.0589 e. The van der Waals surface area contributed by atoms with Gasteiger partial charge in [-0.15, -0.1) is 0 Å². The number of hydrogen-bond acceptors (Lipinski definition) is 3. The summed E-state index contributed by atoms with van der Waals surface area (Å²) in [4.78, 5) is 2.42. The van der Waals surface area contributed by atoms with E-state index < -0.39 is 0 Å². The van der Waals surface area contributed by atoms with Crippen molar-refractivity contribution in [2.45, 2.75) is 44.6 Å². The molecule has 0 unspecified atom stereocenters. The maximum absolute atomic E-state index is 6.02. The van der Waals surface area contributed by atoms with Crippen molar-refractivity contribution in [2.24, 2.45) is 11.7 Å². The lowest BCUT2D eigenvalue weighted by molar-refractivity contribution is 0.0423. The minimum atomic E-state index is 0.240. The molecule has 3 heteroatoms. The first-order chi connectivity index (χ1) is 7.68. The highest BCUT2D eigenvalue weighted by Crippen LogP contribution is 2.36. The molecule has 0 saturated heterocycles. The largest absolute Gasteiger partial charge is 0.383 e. The van der Waals surface area contributed by atoms with Crippen LogP contribution >= 0.6 is 0 Å². The zero-order chi connectivity index (χ0) is 12.0. The van der Waals surface area contributed by atoms with E-state index in [1.54, 1.807) is 7.11 Å². The number of likely N-dealkylation sites (N-methyl/N-ethyl adjacent to an activating group) is 1. The van der Waals surface area contributed by atoms with Gasteiger partial charge in [0.25, 0.3) is 0 Å². The molecule has 0 aromatic carbocycles. The lowest BCUT2D eigenvalue weighted by Crippen LogP contribution is -2.54. The van der Waals surface area contributed by atoms with Crippen LogP contribution in [-0.2, 0) is 4.74 Å². The number of nitrogens with two attached hydrogens (primary N) is 1. The monoisotopic (exact) mass is 228 g/mol. The van der Waals surface area contributed by atoms with Gasteiger partial charge in [-0.2, -0.15) is 0 Å². The maximum Gasteiger partial charge on any atom is 0.0589 e. The second-order valence-corrected chi connectivity index (χ2v) is 5.19. The first-order valence-corrected chi connectivity index (χ1v) is 6.58. The molecule has 0 aliphatic heterocycles. The summed E-state index contributed by atoms with van der Waals surface area (Å²) in [7, 11) is 3.95. The van der Waals surface area contributed by atoms with Gasteiger partial charge >= 0.3 is 0 Å². The van der Waals surface area contributed by atoms with Crippen LogP contribution in [0.5, 0.6) is 0 Å². The van der Waals surface area contributed by atoms with Crippen molar-refractivity contribution in [2.75, 3.05) is 33.9 Å². The Labute approximate surface area is 100 Å². The highest BCUT2D eigenvalue weighted by molar-refractivity contribution is 4.94. The van der Waals surface area contributed by atoms with Crippen LogP contribution in [0.1, 0.15) is 39.0 Å². The topological polar surface area (TPSA) is 38.5 Å². The summed E-state index contributed by atoms with van der Waals surface area (Å²) < 4.78 is 5.15. The SMILES string of the molecule is CCC1CCC(CN)(N(C)CCOC)CC1. The Hall–Kier alpha value is -0.120. The second kappa shape index (κ2) is 6.58. The van der Waals surface area contributed by atoms with Crippen LogP contribution in [0.25, 0.3) is 0 Å². The van der Waals surface area contributed by atoms with Gasteiger partial charge in [-0.25, -0.2) is 0 Å². The number of ether oxygens (including phenoxy) is 1. The van der Waals surface area contributed by atoms with E-state index >= 15 is 0 Å². The Bertz CT molecular complexity index is 188. The molecule has 3 nitrogen and oxygen atoms in total. The maximum atomic E-state index is 6.02. The van der Waals surface area contributed by atoms with Crippen molar-refractivity contribution in [3.05, 3.63) is 0 Å². The third-order valence-electron chi connectivity index (χ3n) is 4.43. The van der Waals surface area contributed by atoms with Gasteiger partial charge in [-0.3, -0.25) is 4.90 Å². The highest BCUT2D eigenvalue weighted by Gasteiger charge is 2.36. The summed E-state index contributed by atoms with van der Waals surface area (Å²) >= 11 is 0. The molecular formula is C13H28N2O. The zero-order valence-electron chi connectivity index (χ0n) is 11.2. The molecule has 0 atom stereocenters. The summed E-state index contributed by atoms with van der Waals surface area (Å²) in [6.07, 6.45) is 6.50. The Morgan fingerprint density at radius 1 is 1.38 bits per heavy atom. The van der Waals surface area contributed by atoms with Crippen molar-refractivity contribution in [1.82, 2.24) is 4.90 Å². The Morgan fingerprint density at radius 3 is 2.44 bits per heavy atom. The molecule has 0 heterocycles. The molecule has 1 aliphatic rings. The van der Waals surface area contributed by atoms with E-state index in [9.17, 15) is 0 Å². The van der Waals surface area contributed by atoms with Crippen LogP contribution in [0.4, 0.5) is 0 Å². The van der Waals surface area contributed by atoms with Crippen LogP contribution in [0.15, 0.2) is 0 Å². The van der Waals surface area contributed by atoms with Crippen molar-refractivity contribution < 1.29 is 4.74 Å². The molecule has 0 aromatic rings. The number of nitrogens with zero attached hydrogens (tertiary/aromatic N) is 1. The number of hydrogen-bond donors (Lipinski definition) is 1. The van der Waals surface area contributed by atoms with Crippen LogP contribution in [0.3, 0.4) is 0 Å². The fraction of sp³-hybridized carbons (Fsp3) is 1.00. The van der Waals surface area contributed by atoms with Gasteiger partial charge in [-0.1, -0.05) is 13.3 Å². The first kappa shape index (κ1) is 13.9. The molecule has 0 radical (unpaired) electrons. The van der Waals surface area contributed by atoms with Gasteiger partial charge in [0.1, 0.15) is 0 Å². The summed E-state index contributed by atoms with van der Waals surface area (Å²) in [5.41, 5.74) is 6.26. The molecule has 1 saturated carbocycles. The van der Waals surface area contributed by atoms with E-state index in [4.69, 9.17) is 10.5 Å². The van der Waals surface area contributed by atoms with Gasteiger partial charge in [0.2, 0.25) is 0 Å². The van der Waals surface area contributed by atoms with Crippen molar-refractivity contribution in [3.63, 3.8) is 0 Å². The normalized spacial score (nSPS) is 30.9. The van der Waals surface area contributed by atoms with E-state index in [-0.39, 0.29) is 5.54 Å². The van der Waals surface area contributed by atoms with Crippen LogP contribution in [-0.4, -0.2) is 44.3 Å². The molecular weight excluding hydrogens is 200 g/mol. The molecule has 1 aliphatic carbocycles. The zero-order valence-corrected chi connectivity index (χ0v) is 11.2. The van der Waals surface area contributed by atoms with E-state index in [1.165, 1.54) is 32.1 Å². The molecule has 16 heavy (non-hydrogen) atoms. The standard InChI is InChI=1S/C13H28N2O/c1-4-12-5-7-13(11-14,8-6-12)15(2)9-10-16-3/h12H,4-11,14H2,1-3H3. The van der Waals surface area contributed by atoms with Crippen molar-refractivity contribution in [1.29, 1.82) is 0 Å². The molecule has 1 rings (SSSR count). The van der Waals surface area contributed by atoms with E-state index in [0.29, 0.717) is 0 Å². The molecule has 2 N–H and O–H groups in total. The average Bonchev–Trinajstić information content (AvgIpc) is 2.35. The Kier molecular flexibility index (Phi) is 5.73. The van der Waals surface area contributed by atoms with Gasteiger partial charge in [-0.05, 0) is 38.6 Å². The molecule has 0 amide bonds. The predicted molar refractivity (Wildman–Crippen MR) is 68.5 cm³/mol. The molecule has 96 valence electrons. The van der Waals surface area contributed by atoms with Crippen LogP contribution in [0.2, 0.25) is 0 Å². The molecule has 0 bridgehead atoms. The van der Waals surface area contributed by atoms with Crippen molar-refractivity contribution in [3.8, 4) is 0 Å². The minimum Gasteiger partial charge on any atom is -0.383 e. The lowest BCUT2D eigenvalue weighted by atomic mass is 9.75. The van der Waals surface area contributed by atoms with Crippen molar-refractivity contribution >= 4 is 0 Å². The summed E-state index contributed by atoms with van der Waals surface area (Å²) in [6, 6.07) is 0. The van der Waals surface area contributed by atoms with Crippen LogP contribution in [0, 0.1) is 5.92 Å². The molecule has 0 spiro atoms. The minimum absolute atomic E-state index is 0.240. The Morgan fingerprint density at radius 2 is 2.00 bits per heavy atom. The van der Waals surface area contributed by atoms with E-state index in [0.717, 1.165) is 25.6 Å². The second-order valence-electron chi connectivity index (χ2n) is 5.19. The lowest BCUT2D eigenvalue weighted by Gasteiger charge is -2.46. The Balaban J connectivity index is 2.51. The van der Waals surface area contributed by atoms with Crippen LogP contribution < -0.4 is 5.73 Å². The predicted octanol–water partition coefficient (Wildman–Crippen LogP) is 1.86. The highest BCUT2D eigenvalue weighted by atomic mass is 16.5. The first-order valence-electron chi connectivity index (χ1n) is 6.58. The summed E-state index contributed by atoms with van der Waals surface area (Å²) in [5, 5.41) is 0. The van der Waals surface area contributed by atoms with E-state index in [1.807, 2.05) is 0 Å². The fourth-order valence-electron chi connectivity index (χ4n) is 2.83. The summed E-state index contributed by atoms with van der Waals surface area (Å²) in [5.74, 6) is 0.926. The quantitative estimate of drug-likeness (QED) is 0.754. The number of methoxy groups -OCH3 is 1. The van der Waals surface area contributed by atoms with Gasteiger partial charge in [0, 0.05) is 25.7 Å². The average molecular weight is 228 g/mol. The third kappa shape index (κ3) is 3.19. The van der Waals surface area contributed by atoms with E-state index in [2.05, 4.69) is 18.9 Å². The number of rotatable bonds is 6. The van der Waals surface area contributed by atoms with Gasteiger partial charge in [0.15, 0.2) is 0 Å². The summed E-state index contributed by atoms with van der Waals surface area (Å²) in [6.45, 7) is 4.87. The van der Waals surface area contributed by atoms with Gasteiger partial charge < -0.3 is 10.5 Å².